The minimum atomic E-state index is -0.126. The quantitative estimate of drug-likeness (QED) is 0.795. The highest BCUT2D eigenvalue weighted by atomic mass is 16.5. The highest BCUT2D eigenvalue weighted by Crippen LogP contribution is 2.17. The van der Waals surface area contributed by atoms with Gasteiger partial charge >= 0.3 is 0 Å². The summed E-state index contributed by atoms with van der Waals surface area (Å²) >= 11 is 0. The second kappa shape index (κ2) is 8.89. The van der Waals surface area contributed by atoms with Crippen LogP contribution < -0.4 is 4.74 Å². The molecule has 5 heteroatoms. The fourth-order valence-electron chi connectivity index (χ4n) is 3.06. The maximum atomic E-state index is 12.8. The average Bonchev–Trinajstić information content (AvgIpc) is 3.08. The van der Waals surface area contributed by atoms with Gasteiger partial charge in [-0.15, -0.1) is 0 Å². The van der Waals surface area contributed by atoms with Crippen LogP contribution in [0.15, 0.2) is 24.3 Å². The van der Waals surface area contributed by atoms with Crippen molar-refractivity contribution in [1.29, 1.82) is 0 Å². The van der Waals surface area contributed by atoms with Crippen molar-refractivity contribution in [2.45, 2.75) is 39.3 Å². The van der Waals surface area contributed by atoms with Gasteiger partial charge < -0.3 is 14.7 Å². The second-order valence-corrected chi connectivity index (χ2v) is 5.98. The highest BCUT2D eigenvalue weighted by molar-refractivity contribution is 5.81. The summed E-state index contributed by atoms with van der Waals surface area (Å²) < 4.78 is 5.52. The van der Waals surface area contributed by atoms with Crippen molar-refractivity contribution >= 4 is 5.91 Å². The van der Waals surface area contributed by atoms with Crippen molar-refractivity contribution in [3.05, 3.63) is 29.8 Å². The summed E-state index contributed by atoms with van der Waals surface area (Å²) in [7, 11) is 0. The van der Waals surface area contributed by atoms with Crippen LogP contribution in [0.2, 0.25) is 0 Å². The van der Waals surface area contributed by atoms with E-state index in [1.807, 2.05) is 38.1 Å². The smallest absolute Gasteiger partial charge is 0.240 e. The van der Waals surface area contributed by atoms with Crippen LogP contribution in [-0.2, 0) is 11.3 Å². The molecule has 1 aromatic rings. The summed E-state index contributed by atoms with van der Waals surface area (Å²) in [6.07, 6.45) is 2.32. The van der Waals surface area contributed by atoms with E-state index in [1.165, 1.54) is 0 Å². The van der Waals surface area contributed by atoms with Crippen LogP contribution in [0, 0.1) is 0 Å². The van der Waals surface area contributed by atoms with Gasteiger partial charge in [-0.25, -0.2) is 0 Å². The number of rotatable bonds is 8. The van der Waals surface area contributed by atoms with Crippen LogP contribution in [-0.4, -0.2) is 59.7 Å². The molecule has 1 fully saturated rings. The molecule has 0 unspecified atom stereocenters. The van der Waals surface area contributed by atoms with E-state index in [9.17, 15) is 9.90 Å². The molecule has 0 spiro atoms. The monoisotopic (exact) mass is 320 g/mol. The van der Waals surface area contributed by atoms with Crippen molar-refractivity contribution < 1.29 is 14.6 Å². The van der Waals surface area contributed by atoms with Crippen molar-refractivity contribution in [2.75, 3.05) is 32.8 Å². The summed E-state index contributed by atoms with van der Waals surface area (Å²) in [5.41, 5.74) is 1.02. The summed E-state index contributed by atoms with van der Waals surface area (Å²) in [5, 5.41) is 9.32. The van der Waals surface area contributed by atoms with Crippen molar-refractivity contribution in [1.82, 2.24) is 9.80 Å². The van der Waals surface area contributed by atoms with E-state index in [0.717, 1.165) is 37.2 Å². The average molecular weight is 320 g/mol. The van der Waals surface area contributed by atoms with E-state index in [0.29, 0.717) is 19.7 Å². The molecule has 0 aliphatic carbocycles. The fraction of sp³-hybridized carbons (Fsp3) is 0.611. The molecule has 1 amide bonds. The molecule has 1 N–H and O–H groups in total. The first-order chi connectivity index (χ1) is 11.2. The molecular weight excluding hydrogens is 292 g/mol. The number of amides is 1. The van der Waals surface area contributed by atoms with Crippen LogP contribution in [0.25, 0.3) is 0 Å². The summed E-state index contributed by atoms with van der Waals surface area (Å²) in [6, 6.07) is 7.67. The van der Waals surface area contributed by atoms with E-state index in [-0.39, 0.29) is 18.6 Å². The fourth-order valence-corrected chi connectivity index (χ4v) is 3.06. The molecule has 1 aliphatic heterocycles. The third kappa shape index (κ3) is 4.94. The van der Waals surface area contributed by atoms with Gasteiger partial charge in [-0.05, 0) is 57.5 Å². The van der Waals surface area contributed by atoms with Gasteiger partial charge in [0.2, 0.25) is 5.91 Å². The molecule has 1 atom stereocenters. The molecular formula is C18H28N2O3. The normalized spacial score (nSPS) is 16.3. The largest absolute Gasteiger partial charge is 0.494 e. The Hall–Kier alpha value is -1.59. The second-order valence-electron chi connectivity index (χ2n) is 5.98. The Morgan fingerprint density at radius 1 is 1.39 bits per heavy atom. The number of hydrogen-bond donors (Lipinski definition) is 1. The minimum Gasteiger partial charge on any atom is -0.494 e. The Morgan fingerprint density at radius 3 is 2.78 bits per heavy atom. The number of benzene rings is 1. The van der Waals surface area contributed by atoms with E-state index in [4.69, 9.17) is 4.74 Å². The maximum absolute atomic E-state index is 12.8. The predicted octanol–water partition coefficient (Wildman–Crippen LogP) is 1.89. The molecule has 2 rings (SSSR count). The van der Waals surface area contributed by atoms with Gasteiger partial charge in [-0.2, -0.15) is 0 Å². The number of ether oxygens (including phenoxy) is 1. The number of aliphatic hydroxyl groups is 1. The first-order valence-electron chi connectivity index (χ1n) is 8.51. The van der Waals surface area contributed by atoms with Crippen LogP contribution in [0.5, 0.6) is 5.75 Å². The van der Waals surface area contributed by atoms with Crippen molar-refractivity contribution in [3.8, 4) is 5.75 Å². The van der Waals surface area contributed by atoms with Crippen LogP contribution in [0.4, 0.5) is 0 Å². The summed E-state index contributed by atoms with van der Waals surface area (Å²) in [5.74, 6) is 0.900. The van der Waals surface area contributed by atoms with Gasteiger partial charge in [-0.3, -0.25) is 9.69 Å². The lowest BCUT2D eigenvalue weighted by molar-refractivity contribution is -0.137. The Kier molecular flexibility index (Phi) is 6.86. The number of hydrogen-bond acceptors (Lipinski definition) is 4. The lowest BCUT2D eigenvalue weighted by Crippen LogP contribution is -2.46. The minimum absolute atomic E-state index is 0.0242. The topological polar surface area (TPSA) is 53.0 Å². The predicted molar refractivity (Wildman–Crippen MR) is 90.4 cm³/mol. The Balaban J connectivity index is 2.05. The summed E-state index contributed by atoms with van der Waals surface area (Å²) in [6.45, 7) is 7.34. The van der Waals surface area contributed by atoms with Gasteiger partial charge in [-0.1, -0.05) is 12.1 Å². The maximum Gasteiger partial charge on any atom is 0.240 e. The molecule has 1 aliphatic rings. The van der Waals surface area contributed by atoms with E-state index in [2.05, 4.69) is 4.90 Å². The van der Waals surface area contributed by atoms with Gasteiger partial charge in [0.15, 0.2) is 0 Å². The molecule has 0 radical (unpaired) electrons. The zero-order valence-electron chi connectivity index (χ0n) is 14.2. The van der Waals surface area contributed by atoms with E-state index >= 15 is 0 Å². The molecule has 0 saturated carbocycles. The Labute approximate surface area is 138 Å². The van der Waals surface area contributed by atoms with Crippen LogP contribution in [0.3, 0.4) is 0 Å². The molecule has 0 bridgehead atoms. The number of likely N-dealkylation sites (tertiary alicyclic amines) is 1. The van der Waals surface area contributed by atoms with Gasteiger partial charge in [0.25, 0.3) is 0 Å². The molecule has 1 aromatic carbocycles. The Morgan fingerprint density at radius 2 is 2.13 bits per heavy atom. The molecule has 0 aromatic heterocycles. The third-order valence-electron chi connectivity index (χ3n) is 4.31. The number of nitrogens with zero attached hydrogens (tertiary/aromatic N) is 2. The lowest BCUT2D eigenvalue weighted by Gasteiger charge is -2.30. The Bertz CT molecular complexity index is 501. The van der Waals surface area contributed by atoms with Gasteiger partial charge in [0.1, 0.15) is 5.75 Å². The van der Waals surface area contributed by atoms with Gasteiger partial charge in [0.05, 0.1) is 19.3 Å². The summed E-state index contributed by atoms with van der Waals surface area (Å²) in [4.78, 5) is 16.7. The zero-order chi connectivity index (χ0) is 16.7. The number of carbonyl (C=O) groups excluding carboxylic acids is 1. The standard InChI is InChI=1S/C18H28N2O3/c1-3-23-17-8-6-7-16(13-17)14-20(11-12-21)18(22)15(2)19-9-4-5-10-19/h6-8,13,15,21H,3-5,9-12,14H2,1-2H3/t15-/m1/s1. The molecule has 5 nitrogen and oxygen atoms in total. The van der Waals surface area contributed by atoms with E-state index in [1.54, 1.807) is 4.90 Å². The highest BCUT2D eigenvalue weighted by Gasteiger charge is 2.27. The van der Waals surface area contributed by atoms with Crippen LogP contribution >= 0.6 is 0 Å². The number of carbonyl (C=O) groups is 1. The third-order valence-corrected chi connectivity index (χ3v) is 4.31. The molecule has 1 heterocycles. The van der Waals surface area contributed by atoms with Crippen LogP contribution in [0.1, 0.15) is 32.3 Å². The van der Waals surface area contributed by atoms with Gasteiger partial charge in [0, 0.05) is 13.1 Å². The number of aliphatic hydroxyl groups excluding tert-OH is 1. The first kappa shape index (κ1) is 17.8. The van der Waals surface area contributed by atoms with E-state index < -0.39 is 0 Å². The SMILES string of the molecule is CCOc1cccc(CN(CCO)C(=O)[C@@H](C)N2CCCC2)c1. The molecule has 128 valence electrons. The lowest BCUT2D eigenvalue weighted by atomic mass is 10.1. The van der Waals surface area contributed by atoms with Crippen molar-refractivity contribution in [2.24, 2.45) is 0 Å². The molecule has 1 saturated heterocycles. The first-order valence-corrected chi connectivity index (χ1v) is 8.51. The molecule has 23 heavy (non-hydrogen) atoms. The van der Waals surface area contributed by atoms with Crippen molar-refractivity contribution in [3.63, 3.8) is 0 Å². The zero-order valence-corrected chi connectivity index (χ0v) is 14.2.